The van der Waals surface area contributed by atoms with E-state index in [0.29, 0.717) is 5.41 Å². The summed E-state index contributed by atoms with van der Waals surface area (Å²) in [6.45, 7) is 5.51. The Balaban J connectivity index is 2.21. The van der Waals surface area contributed by atoms with Crippen LogP contribution in [0.5, 0.6) is 5.75 Å². The van der Waals surface area contributed by atoms with Crippen LogP contribution in [0.25, 0.3) is 0 Å². The number of benzene rings is 1. The lowest BCUT2D eigenvalue weighted by atomic mass is 9.65. The van der Waals surface area contributed by atoms with Gasteiger partial charge in [-0.2, -0.15) is 0 Å². The molecule has 0 radical (unpaired) electrons. The molecule has 0 heterocycles. The third-order valence-corrected chi connectivity index (χ3v) is 4.60. The number of nitrogens with one attached hydrogen (secondary N) is 1. The zero-order valence-corrected chi connectivity index (χ0v) is 12.1. The third-order valence-electron chi connectivity index (χ3n) is 4.60. The molecule has 0 bridgehead atoms. The van der Waals surface area contributed by atoms with Crippen LogP contribution in [-0.2, 0) is 6.42 Å². The summed E-state index contributed by atoms with van der Waals surface area (Å²) in [5.41, 5.74) is 4.68. The molecule has 2 nitrogen and oxygen atoms in total. The van der Waals surface area contributed by atoms with E-state index in [1.165, 1.54) is 42.4 Å². The Bertz CT molecular complexity index is 421. The summed E-state index contributed by atoms with van der Waals surface area (Å²) in [7, 11) is 3.81. The summed E-state index contributed by atoms with van der Waals surface area (Å²) in [5.74, 6) is 1.01. The van der Waals surface area contributed by atoms with Crippen molar-refractivity contribution in [3.63, 3.8) is 0 Å². The van der Waals surface area contributed by atoms with Gasteiger partial charge in [0.2, 0.25) is 0 Å². The van der Waals surface area contributed by atoms with Crippen LogP contribution >= 0.6 is 0 Å². The van der Waals surface area contributed by atoms with Gasteiger partial charge < -0.3 is 10.1 Å². The van der Waals surface area contributed by atoms with Crippen molar-refractivity contribution in [2.75, 3.05) is 20.7 Å². The zero-order chi connectivity index (χ0) is 13.2. The average Bonchev–Trinajstić information content (AvgIpc) is 2.32. The molecule has 0 spiro atoms. The number of methoxy groups -OCH3 is 1. The summed E-state index contributed by atoms with van der Waals surface area (Å²) in [5, 5.41) is 3.36. The molecule has 1 aromatic rings. The molecule has 1 aromatic carbocycles. The number of hydrogen-bond donors (Lipinski definition) is 1. The van der Waals surface area contributed by atoms with Crippen LogP contribution in [0, 0.1) is 19.3 Å². The van der Waals surface area contributed by atoms with Crippen LogP contribution in [0.4, 0.5) is 0 Å². The topological polar surface area (TPSA) is 21.3 Å². The van der Waals surface area contributed by atoms with Gasteiger partial charge in [-0.15, -0.1) is 0 Å². The Morgan fingerprint density at radius 3 is 2.44 bits per heavy atom. The van der Waals surface area contributed by atoms with E-state index in [1.807, 2.05) is 0 Å². The predicted molar refractivity (Wildman–Crippen MR) is 76.4 cm³/mol. The highest BCUT2D eigenvalue weighted by Gasteiger charge is 2.36. The highest BCUT2D eigenvalue weighted by atomic mass is 16.5. The summed E-state index contributed by atoms with van der Waals surface area (Å²) >= 11 is 0. The van der Waals surface area contributed by atoms with E-state index in [0.717, 1.165) is 12.3 Å². The molecule has 0 aliphatic heterocycles. The standard InChI is InChI=1S/C16H25NO/c1-12-13(2)15(18-4)7-6-14(12)10-16(11-17-3)8-5-9-16/h6-7,17H,5,8-11H2,1-4H3. The van der Waals surface area contributed by atoms with Gasteiger partial charge in [-0.3, -0.25) is 0 Å². The van der Waals surface area contributed by atoms with Gasteiger partial charge in [0.05, 0.1) is 7.11 Å². The molecule has 0 amide bonds. The molecule has 1 aliphatic carbocycles. The van der Waals surface area contributed by atoms with Crippen molar-refractivity contribution < 1.29 is 4.74 Å². The molecular formula is C16H25NO. The summed E-state index contributed by atoms with van der Waals surface area (Å²) in [4.78, 5) is 0. The van der Waals surface area contributed by atoms with Crippen LogP contribution in [0.3, 0.4) is 0 Å². The molecule has 0 atom stereocenters. The van der Waals surface area contributed by atoms with Crippen molar-refractivity contribution in [2.45, 2.75) is 39.5 Å². The zero-order valence-electron chi connectivity index (χ0n) is 12.1. The predicted octanol–water partition coefficient (Wildman–Crippen LogP) is 3.24. The van der Waals surface area contributed by atoms with Crippen molar-refractivity contribution in [3.05, 3.63) is 28.8 Å². The number of hydrogen-bond acceptors (Lipinski definition) is 2. The minimum absolute atomic E-state index is 0.501. The van der Waals surface area contributed by atoms with Crippen molar-refractivity contribution in [2.24, 2.45) is 5.41 Å². The number of ether oxygens (including phenoxy) is 1. The second kappa shape index (κ2) is 5.31. The first-order valence-electron chi connectivity index (χ1n) is 6.89. The normalized spacial score (nSPS) is 17.3. The first-order valence-corrected chi connectivity index (χ1v) is 6.89. The molecule has 2 rings (SSSR count). The molecule has 1 saturated carbocycles. The van der Waals surface area contributed by atoms with Gasteiger partial charge in [-0.25, -0.2) is 0 Å². The van der Waals surface area contributed by atoms with Gasteiger partial charge in [0.25, 0.3) is 0 Å². The van der Waals surface area contributed by atoms with Crippen molar-refractivity contribution in [1.82, 2.24) is 5.32 Å². The summed E-state index contributed by atoms with van der Waals surface area (Å²) < 4.78 is 5.39. The maximum atomic E-state index is 5.39. The fourth-order valence-electron chi connectivity index (χ4n) is 3.14. The van der Waals surface area contributed by atoms with Gasteiger partial charge in [0.15, 0.2) is 0 Å². The van der Waals surface area contributed by atoms with Crippen LogP contribution < -0.4 is 10.1 Å². The maximum absolute atomic E-state index is 5.39. The minimum atomic E-state index is 0.501. The molecular weight excluding hydrogens is 222 g/mol. The lowest BCUT2D eigenvalue weighted by Gasteiger charge is -2.42. The van der Waals surface area contributed by atoms with Crippen LogP contribution in [0.2, 0.25) is 0 Å². The van der Waals surface area contributed by atoms with E-state index in [2.05, 4.69) is 38.3 Å². The lowest BCUT2D eigenvalue weighted by Crippen LogP contribution is -2.40. The van der Waals surface area contributed by atoms with E-state index < -0.39 is 0 Å². The Morgan fingerprint density at radius 2 is 1.94 bits per heavy atom. The Hall–Kier alpha value is -1.02. The Labute approximate surface area is 111 Å². The molecule has 0 aromatic heterocycles. The van der Waals surface area contributed by atoms with Gasteiger partial charge in [0, 0.05) is 6.54 Å². The fraction of sp³-hybridized carbons (Fsp3) is 0.625. The minimum Gasteiger partial charge on any atom is -0.496 e. The fourth-order valence-corrected chi connectivity index (χ4v) is 3.14. The lowest BCUT2D eigenvalue weighted by molar-refractivity contribution is 0.133. The van der Waals surface area contributed by atoms with Crippen molar-refractivity contribution in [3.8, 4) is 5.75 Å². The molecule has 1 aliphatic rings. The van der Waals surface area contributed by atoms with Gasteiger partial charge in [-0.1, -0.05) is 12.5 Å². The second-order valence-electron chi connectivity index (χ2n) is 5.74. The van der Waals surface area contributed by atoms with Gasteiger partial charge in [-0.05, 0) is 68.3 Å². The van der Waals surface area contributed by atoms with E-state index in [4.69, 9.17) is 4.74 Å². The van der Waals surface area contributed by atoms with E-state index >= 15 is 0 Å². The van der Waals surface area contributed by atoms with Gasteiger partial charge in [0.1, 0.15) is 5.75 Å². The molecule has 1 fully saturated rings. The monoisotopic (exact) mass is 247 g/mol. The van der Waals surface area contributed by atoms with Crippen molar-refractivity contribution in [1.29, 1.82) is 0 Å². The summed E-state index contributed by atoms with van der Waals surface area (Å²) in [6.07, 6.45) is 5.30. The third kappa shape index (κ3) is 2.39. The molecule has 2 heteroatoms. The van der Waals surface area contributed by atoms with Crippen LogP contribution in [-0.4, -0.2) is 20.7 Å². The molecule has 0 saturated heterocycles. The van der Waals surface area contributed by atoms with E-state index in [-0.39, 0.29) is 0 Å². The summed E-state index contributed by atoms with van der Waals surface area (Å²) in [6, 6.07) is 4.36. The van der Waals surface area contributed by atoms with Crippen LogP contribution in [0.1, 0.15) is 36.0 Å². The molecule has 18 heavy (non-hydrogen) atoms. The van der Waals surface area contributed by atoms with E-state index in [9.17, 15) is 0 Å². The Morgan fingerprint density at radius 1 is 1.22 bits per heavy atom. The first-order chi connectivity index (χ1) is 8.62. The van der Waals surface area contributed by atoms with E-state index in [1.54, 1.807) is 7.11 Å². The molecule has 0 unspecified atom stereocenters. The molecule has 1 N–H and O–H groups in total. The SMILES string of the molecule is CNCC1(Cc2ccc(OC)c(C)c2C)CCC1. The van der Waals surface area contributed by atoms with Crippen molar-refractivity contribution >= 4 is 0 Å². The van der Waals surface area contributed by atoms with Gasteiger partial charge >= 0.3 is 0 Å². The highest BCUT2D eigenvalue weighted by Crippen LogP contribution is 2.44. The quantitative estimate of drug-likeness (QED) is 0.862. The second-order valence-corrected chi connectivity index (χ2v) is 5.74. The van der Waals surface area contributed by atoms with Crippen LogP contribution in [0.15, 0.2) is 12.1 Å². The number of rotatable bonds is 5. The first kappa shape index (κ1) is 13.4. The largest absolute Gasteiger partial charge is 0.496 e. The average molecular weight is 247 g/mol. The molecule has 100 valence electrons. The Kier molecular flexibility index (Phi) is 3.96. The smallest absolute Gasteiger partial charge is 0.122 e. The maximum Gasteiger partial charge on any atom is 0.122 e. The highest BCUT2D eigenvalue weighted by molar-refractivity contribution is 5.44.